The number of methoxy groups -OCH3 is 6. The summed E-state index contributed by atoms with van der Waals surface area (Å²) in [6.07, 6.45) is -2.59. The number of carbonyl (C=O) groups excluding carboxylic acids is 6. The van der Waals surface area contributed by atoms with Crippen molar-refractivity contribution < 1.29 is 97.0 Å². The van der Waals surface area contributed by atoms with E-state index < -0.39 is 79.0 Å². The molecule has 0 unspecified atom stereocenters. The summed E-state index contributed by atoms with van der Waals surface area (Å²) in [6, 6.07) is 32.2. The van der Waals surface area contributed by atoms with Gasteiger partial charge in [0.15, 0.2) is 24.1 Å². The fourth-order valence-corrected chi connectivity index (χ4v) is 10.5. The van der Waals surface area contributed by atoms with Crippen LogP contribution in [0.25, 0.3) is 0 Å². The van der Waals surface area contributed by atoms with Gasteiger partial charge in [0.25, 0.3) is 23.6 Å². The quantitative estimate of drug-likeness (QED) is 0.0149. The SMILES string of the molecule is C=CC(=O)Nc1cc(C(F)(F)F)ccc1C(=O)Nc1cc(CCc2cc(OC)cc(OC)c2)[nH]n1.C=CC(=O)Nc1cc(N2CC(F)(F)C2)ccc1C(=O)Nc1cc(CCc2cc(OC)cc(OC)c2)[nH]n1.C=CC(=O)Nc1cc(OCC(F)(F)F)ccc1C(=O)Nc1cc(CCc2cc(OC)cc(OC)c2)[nH]n1. The zero-order valence-corrected chi connectivity index (χ0v) is 59.5. The van der Waals surface area contributed by atoms with Gasteiger partial charge in [-0.2, -0.15) is 41.6 Å². The topological polar surface area (TPSA) is 328 Å². The van der Waals surface area contributed by atoms with Crippen molar-refractivity contribution in [1.82, 2.24) is 30.6 Å². The van der Waals surface area contributed by atoms with E-state index in [-0.39, 0.29) is 51.1 Å². The number of carbonyl (C=O) groups is 6. The predicted octanol–water partition coefficient (Wildman–Crippen LogP) is 13.2. The summed E-state index contributed by atoms with van der Waals surface area (Å²) in [5.41, 5.74) is 4.48. The monoisotopic (exact) mass is 1520 g/mol. The third-order valence-electron chi connectivity index (χ3n) is 15.9. The number of hydrogen-bond donors (Lipinski definition) is 9. The average Bonchev–Trinajstić information content (AvgIpc) is 1.28. The van der Waals surface area contributed by atoms with Crippen molar-refractivity contribution in [3.63, 3.8) is 0 Å². The first-order chi connectivity index (χ1) is 51.9. The molecule has 9 N–H and O–H groups in total. The van der Waals surface area contributed by atoms with Gasteiger partial charge >= 0.3 is 12.4 Å². The largest absolute Gasteiger partial charge is 0.497 e. The van der Waals surface area contributed by atoms with E-state index in [1.54, 1.807) is 85.1 Å². The van der Waals surface area contributed by atoms with Crippen molar-refractivity contribution in [3.05, 3.63) is 221 Å². The fourth-order valence-electron chi connectivity index (χ4n) is 10.5. The molecule has 6 amide bonds. The molecule has 0 radical (unpaired) electrons. The molecule has 0 saturated carbocycles. The van der Waals surface area contributed by atoms with Crippen LogP contribution in [0.3, 0.4) is 0 Å². The molecule has 4 heterocycles. The number of nitrogens with one attached hydrogen (secondary N) is 9. The maximum Gasteiger partial charge on any atom is 0.422 e. The maximum absolute atomic E-state index is 13.3. The zero-order valence-electron chi connectivity index (χ0n) is 59.5. The number of alkyl halides is 8. The van der Waals surface area contributed by atoms with Crippen LogP contribution in [0, 0.1) is 0 Å². The summed E-state index contributed by atoms with van der Waals surface area (Å²) < 4.78 is 140. The average molecular weight is 1520 g/mol. The molecular weight excluding hydrogens is 1440 g/mol. The molecule has 1 aliphatic heterocycles. The number of H-pyrrole nitrogens is 3. The van der Waals surface area contributed by atoms with Crippen LogP contribution in [0.15, 0.2) is 165 Å². The number of benzene rings is 6. The van der Waals surface area contributed by atoms with Gasteiger partial charge in [-0.1, -0.05) is 19.7 Å². The summed E-state index contributed by atoms with van der Waals surface area (Å²) in [4.78, 5) is 75.5. The van der Waals surface area contributed by atoms with Crippen molar-refractivity contribution in [3.8, 4) is 40.2 Å². The Morgan fingerprint density at radius 2 is 0.761 bits per heavy atom. The summed E-state index contributed by atoms with van der Waals surface area (Å²) >= 11 is 0. The molecule has 1 aliphatic rings. The summed E-state index contributed by atoms with van der Waals surface area (Å²) in [5.74, 6) is -2.03. The number of hydrogen-bond acceptors (Lipinski definition) is 17. The number of anilines is 7. The van der Waals surface area contributed by atoms with E-state index in [2.05, 4.69) is 82.2 Å². The number of aryl methyl sites for hydroxylation is 6. The van der Waals surface area contributed by atoms with E-state index in [0.29, 0.717) is 90.6 Å². The number of nitrogens with zero attached hydrogens (tertiary/aromatic N) is 4. The van der Waals surface area contributed by atoms with Gasteiger partial charge in [0, 0.05) is 65.2 Å². The fraction of sp³-hybridized carbons (Fsp3) is 0.240. The summed E-state index contributed by atoms with van der Waals surface area (Å²) in [6.45, 7) is 7.64. The van der Waals surface area contributed by atoms with E-state index in [4.69, 9.17) is 33.2 Å². The Morgan fingerprint density at radius 1 is 0.431 bits per heavy atom. The highest BCUT2D eigenvalue weighted by Gasteiger charge is 2.44. The molecule has 3 aromatic heterocycles. The van der Waals surface area contributed by atoms with Gasteiger partial charge in [-0.25, -0.2) is 8.78 Å². The highest BCUT2D eigenvalue weighted by atomic mass is 19.4. The van der Waals surface area contributed by atoms with Gasteiger partial charge in [0.2, 0.25) is 17.7 Å². The second-order valence-corrected chi connectivity index (χ2v) is 23.8. The van der Waals surface area contributed by atoms with E-state index in [1.807, 2.05) is 36.4 Å². The van der Waals surface area contributed by atoms with E-state index >= 15 is 0 Å². The molecule has 1 fully saturated rings. The second-order valence-electron chi connectivity index (χ2n) is 23.8. The molecule has 9 aromatic rings. The number of halogens is 8. The Bertz CT molecular complexity index is 4680. The number of amides is 6. The lowest BCUT2D eigenvalue weighted by atomic mass is 10.1. The molecule has 0 atom stereocenters. The van der Waals surface area contributed by atoms with Crippen molar-refractivity contribution in [2.45, 2.75) is 56.8 Å². The normalized spacial score (nSPS) is 12.0. The smallest absolute Gasteiger partial charge is 0.422 e. The lowest BCUT2D eigenvalue weighted by Gasteiger charge is -2.40. The van der Waals surface area contributed by atoms with Crippen LogP contribution >= 0.6 is 0 Å². The molecule has 10 rings (SSSR count). The van der Waals surface area contributed by atoms with Crippen LogP contribution < -0.4 is 70.0 Å². The van der Waals surface area contributed by atoms with Crippen LogP contribution in [0.5, 0.6) is 40.2 Å². The summed E-state index contributed by atoms with van der Waals surface area (Å²) in [5, 5.41) is 35.9. The highest BCUT2D eigenvalue weighted by Crippen LogP contribution is 2.37. The third-order valence-corrected chi connectivity index (χ3v) is 15.9. The van der Waals surface area contributed by atoms with Gasteiger partial charge in [0.05, 0.1) is 95.1 Å². The van der Waals surface area contributed by atoms with Crippen molar-refractivity contribution in [2.24, 2.45) is 0 Å². The highest BCUT2D eigenvalue weighted by molar-refractivity contribution is 6.13. The summed E-state index contributed by atoms with van der Waals surface area (Å²) in [7, 11) is 9.45. The minimum absolute atomic E-state index is 0.0115. The van der Waals surface area contributed by atoms with Gasteiger partial charge in [0.1, 0.15) is 40.2 Å². The Morgan fingerprint density at radius 3 is 1.08 bits per heavy atom. The molecular formula is C75H75F8N13O13. The number of aromatic amines is 3. The third kappa shape index (κ3) is 24.2. The van der Waals surface area contributed by atoms with Gasteiger partial charge in [-0.15, -0.1) is 0 Å². The molecule has 1 saturated heterocycles. The van der Waals surface area contributed by atoms with Crippen LogP contribution in [0.1, 0.15) is 70.4 Å². The first kappa shape index (κ1) is 81.5. The molecule has 6 aromatic carbocycles. The Hall–Kier alpha value is -13.2. The lowest BCUT2D eigenvalue weighted by molar-refractivity contribution is -0.153. The number of ether oxygens (including phenoxy) is 7. The van der Waals surface area contributed by atoms with Gasteiger partial charge in [-0.05, 0) is 158 Å². The van der Waals surface area contributed by atoms with Gasteiger partial charge in [-0.3, -0.25) is 44.1 Å². The minimum Gasteiger partial charge on any atom is -0.497 e. The Balaban J connectivity index is 0.000000206. The molecule has 0 bridgehead atoms. The number of aromatic nitrogens is 6. The van der Waals surface area contributed by atoms with Crippen LogP contribution in [-0.2, 0) is 59.1 Å². The lowest BCUT2D eigenvalue weighted by Crippen LogP contribution is -2.56. The number of rotatable bonds is 30. The van der Waals surface area contributed by atoms with Crippen molar-refractivity contribution in [2.75, 3.05) is 99.2 Å². The van der Waals surface area contributed by atoms with Crippen molar-refractivity contribution in [1.29, 1.82) is 0 Å². The molecule has 0 spiro atoms. The molecule has 26 nitrogen and oxygen atoms in total. The zero-order chi connectivity index (χ0) is 79.2. The molecule has 109 heavy (non-hydrogen) atoms. The van der Waals surface area contributed by atoms with E-state index in [1.165, 1.54) is 29.2 Å². The van der Waals surface area contributed by atoms with Crippen LogP contribution in [-0.4, -0.2) is 140 Å². The van der Waals surface area contributed by atoms with E-state index in [0.717, 1.165) is 70.2 Å². The van der Waals surface area contributed by atoms with Gasteiger partial charge < -0.3 is 70.0 Å². The Kier molecular flexibility index (Phi) is 27.8. The Labute approximate surface area is 618 Å². The van der Waals surface area contributed by atoms with Crippen LogP contribution in [0.2, 0.25) is 0 Å². The predicted molar refractivity (Wildman–Crippen MR) is 390 cm³/mol. The first-order valence-corrected chi connectivity index (χ1v) is 32.8. The van der Waals surface area contributed by atoms with Crippen LogP contribution in [0.4, 0.5) is 75.3 Å². The second kappa shape index (κ2) is 37.2. The van der Waals surface area contributed by atoms with E-state index in [9.17, 15) is 63.9 Å². The van der Waals surface area contributed by atoms with Crippen molar-refractivity contribution >= 4 is 75.6 Å². The maximum atomic E-state index is 13.3. The molecule has 34 heteroatoms. The standard InChI is InChI=1S/C26H27F2N5O4.C25H25F3N4O5.C24H23F3N4O4/c1-4-24(34)29-22-12-18(33-14-26(27,28)15-33)7-8-21(22)25(35)30-23-11-17(31-32-23)6-5-16-9-19(36-2)13-20(10-16)37-3;1-4-23(33)29-21-13-17(37-14-25(26,27)28)7-8-20(21)24(34)30-22-11-16(31-32-22)6-5-15-9-18(35-2)12-19(10-15)36-3;1-4-22(32)28-20-11-15(24(25,26)27)6-8-19(20)23(33)29-21-12-16(30-31-21)7-5-14-9-17(34-2)13-18(10-14)35-3/h4,7-13H,1,5-6,14-15H2,2-3H3,(H,29,34)(H2,30,31,32,35);4,7-13H,1,5-6,14H2,2-3H3,(H,29,33)(H2,30,31,32,34);4,6,8-13H,1,5,7H2,2-3H3,(H,28,32)(H2,29,30,31,33). The first-order valence-electron chi connectivity index (χ1n) is 32.8. The minimum atomic E-state index is -4.65. The molecule has 574 valence electrons. The molecule has 0 aliphatic carbocycles.